The predicted molar refractivity (Wildman–Crippen MR) is 119 cm³/mol. The van der Waals surface area contributed by atoms with E-state index in [1.807, 2.05) is 25.9 Å². The monoisotopic (exact) mass is 435 g/mol. The summed E-state index contributed by atoms with van der Waals surface area (Å²) in [5.74, 6) is 0.259. The zero-order valence-electron chi connectivity index (χ0n) is 20.1. The topological polar surface area (TPSA) is 76.1 Å². The van der Waals surface area contributed by atoms with E-state index in [4.69, 9.17) is 9.47 Å². The van der Waals surface area contributed by atoms with Gasteiger partial charge in [-0.2, -0.15) is 0 Å². The minimum atomic E-state index is -0.538. The van der Waals surface area contributed by atoms with Crippen LogP contribution in [0.25, 0.3) is 0 Å². The molecule has 1 N–H and O–H groups in total. The van der Waals surface area contributed by atoms with Crippen LogP contribution in [0.4, 0.5) is 0 Å². The van der Waals surface area contributed by atoms with Crippen LogP contribution in [-0.2, 0) is 19.1 Å². The Morgan fingerprint density at radius 3 is 2.61 bits per heavy atom. The number of carbonyl (C=O) groups excluding carboxylic acids is 2. The van der Waals surface area contributed by atoms with Crippen LogP contribution in [0.1, 0.15) is 59.3 Å². The number of esters is 2. The second-order valence-corrected chi connectivity index (χ2v) is 10.8. The second kappa shape index (κ2) is 9.22. The van der Waals surface area contributed by atoms with Gasteiger partial charge in [-0.1, -0.05) is 25.8 Å². The van der Waals surface area contributed by atoms with E-state index in [1.54, 1.807) is 6.08 Å². The van der Waals surface area contributed by atoms with Crippen LogP contribution in [0.2, 0.25) is 0 Å². The minimum absolute atomic E-state index is 0.00288. The fraction of sp³-hybridized carbons (Fsp3) is 0.840. The van der Waals surface area contributed by atoms with Gasteiger partial charge < -0.3 is 19.5 Å². The highest BCUT2D eigenvalue weighted by atomic mass is 16.5. The van der Waals surface area contributed by atoms with Gasteiger partial charge in [-0.3, -0.25) is 4.79 Å². The average Bonchev–Trinajstić information content (AvgIpc) is 2.70. The first-order valence-electron chi connectivity index (χ1n) is 11.8. The first kappa shape index (κ1) is 24.2. The normalized spacial score (nSPS) is 41.4. The van der Waals surface area contributed by atoms with E-state index in [0.29, 0.717) is 25.5 Å². The third-order valence-electron chi connectivity index (χ3n) is 8.85. The molecule has 0 aromatic carbocycles. The number of hydrogen-bond donors (Lipinski definition) is 1. The number of aliphatic hydroxyl groups is 1. The number of methoxy groups -OCH3 is 1. The molecule has 3 fully saturated rings. The van der Waals surface area contributed by atoms with Gasteiger partial charge >= 0.3 is 11.9 Å². The van der Waals surface area contributed by atoms with Crippen LogP contribution >= 0.6 is 0 Å². The van der Waals surface area contributed by atoms with Gasteiger partial charge in [-0.15, -0.1) is 0 Å². The molecule has 0 radical (unpaired) electrons. The van der Waals surface area contributed by atoms with Crippen LogP contribution in [0.3, 0.4) is 0 Å². The first-order chi connectivity index (χ1) is 14.5. The summed E-state index contributed by atoms with van der Waals surface area (Å²) in [5.41, 5.74) is 0.546. The minimum Gasteiger partial charge on any atom is -0.469 e. The van der Waals surface area contributed by atoms with Gasteiger partial charge in [-0.05, 0) is 82.2 Å². The first-order valence-corrected chi connectivity index (χ1v) is 11.8. The van der Waals surface area contributed by atoms with Crippen molar-refractivity contribution < 1.29 is 24.2 Å². The maximum absolute atomic E-state index is 12.8. The second-order valence-electron chi connectivity index (χ2n) is 10.8. The van der Waals surface area contributed by atoms with Crippen molar-refractivity contribution in [3.63, 3.8) is 0 Å². The molecule has 6 heteroatoms. The Kier molecular flexibility index (Phi) is 7.21. The van der Waals surface area contributed by atoms with Crippen molar-refractivity contribution in [1.82, 2.24) is 4.90 Å². The number of rotatable bonds is 5. The van der Waals surface area contributed by atoms with Gasteiger partial charge in [0.15, 0.2) is 0 Å². The lowest BCUT2D eigenvalue weighted by atomic mass is 9.42. The molecular weight excluding hydrogens is 394 g/mol. The number of ether oxygens (including phenoxy) is 2. The molecule has 0 aromatic rings. The van der Waals surface area contributed by atoms with Crippen LogP contribution in [-0.4, -0.2) is 62.4 Å². The van der Waals surface area contributed by atoms with Crippen molar-refractivity contribution in [3.05, 3.63) is 11.6 Å². The lowest BCUT2D eigenvalue weighted by Gasteiger charge is -2.62. The molecule has 0 saturated heterocycles. The summed E-state index contributed by atoms with van der Waals surface area (Å²) in [4.78, 5) is 27.1. The fourth-order valence-corrected chi connectivity index (χ4v) is 7.20. The molecule has 0 bridgehead atoms. The van der Waals surface area contributed by atoms with E-state index in [9.17, 15) is 14.7 Å². The number of nitrogens with zero attached hydrogens (tertiary/aromatic N) is 1. The van der Waals surface area contributed by atoms with Crippen molar-refractivity contribution in [3.8, 4) is 0 Å². The Morgan fingerprint density at radius 2 is 1.97 bits per heavy atom. The van der Waals surface area contributed by atoms with E-state index in [2.05, 4.69) is 13.8 Å². The van der Waals surface area contributed by atoms with Gasteiger partial charge in [0.1, 0.15) is 6.61 Å². The molecule has 0 aliphatic heterocycles. The van der Waals surface area contributed by atoms with Crippen LogP contribution in [0.5, 0.6) is 0 Å². The molecule has 3 rings (SSSR count). The number of aliphatic hydroxyl groups excluding tert-OH is 1. The van der Waals surface area contributed by atoms with Gasteiger partial charge in [0.25, 0.3) is 0 Å². The molecule has 0 heterocycles. The lowest BCUT2D eigenvalue weighted by molar-refractivity contribution is -0.189. The van der Waals surface area contributed by atoms with Crippen molar-refractivity contribution in [1.29, 1.82) is 0 Å². The van der Waals surface area contributed by atoms with Crippen molar-refractivity contribution in [2.45, 2.75) is 65.4 Å². The Labute approximate surface area is 187 Å². The fourth-order valence-electron chi connectivity index (χ4n) is 7.20. The van der Waals surface area contributed by atoms with E-state index >= 15 is 0 Å². The summed E-state index contributed by atoms with van der Waals surface area (Å²) in [6.45, 7) is 7.59. The predicted octanol–water partition coefficient (Wildman–Crippen LogP) is 3.43. The standard InChI is InChI=1S/C25H41NO5/c1-16-17(14-21(28)31-13-12-26(4)5)8-9-18-22(16)19(27)15-20-24(18,2)10-7-11-25(20,3)23(29)30-6/h14,16,18-20,22,27H,7-13,15H2,1-6H3/b17-14+/t16-,18-,19-,20+,22+,24+,25-/m0/s1. The maximum Gasteiger partial charge on any atom is 0.330 e. The lowest BCUT2D eigenvalue weighted by Crippen LogP contribution is -2.60. The Balaban J connectivity index is 1.80. The van der Waals surface area contributed by atoms with Crippen LogP contribution in [0.15, 0.2) is 11.6 Å². The molecule has 3 aliphatic carbocycles. The number of hydrogen-bond acceptors (Lipinski definition) is 6. The summed E-state index contributed by atoms with van der Waals surface area (Å²) >= 11 is 0. The van der Waals surface area contributed by atoms with E-state index < -0.39 is 11.5 Å². The molecule has 3 saturated carbocycles. The summed E-state index contributed by atoms with van der Waals surface area (Å²) in [6.07, 6.45) is 6.49. The maximum atomic E-state index is 12.8. The molecule has 0 aromatic heterocycles. The van der Waals surface area contributed by atoms with Gasteiger partial charge in [0, 0.05) is 12.6 Å². The summed E-state index contributed by atoms with van der Waals surface area (Å²) in [5, 5.41) is 11.3. The van der Waals surface area contributed by atoms with Crippen molar-refractivity contribution in [2.75, 3.05) is 34.4 Å². The highest BCUT2D eigenvalue weighted by Gasteiger charge is 2.62. The SMILES string of the molecule is COC(=O)[C@@]1(C)CCC[C@@]2(C)[C@H]1C[C@H](O)[C@@H]1[C@@H](C)/C(=C/C(=O)OCCN(C)C)CC[C@@H]12. The van der Waals surface area contributed by atoms with Crippen LogP contribution < -0.4 is 0 Å². The third-order valence-corrected chi connectivity index (χ3v) is 8.85. The van der Waals surface area contributed by atoms with Gasteiger partial charge in [-0.25, -0.2) is 4.79 Å². The molecule has 176 valence electrons. The van der Waals surface area contributed by atoms with Crippen LogP contribution in [0, 0.1) is 34.5 Å². The highest BCUT2D eigenvalue weighted by molar-refractivity contribution is 5.83. The molecule has 0 unspecified atom stereocenters. The summed E-state index contributed by atoms with van der Waals surface area (Å²) < 4.78 is 10.6. The number of allylic oxidation sites excluding steroid dienone is 1. The molecule has 0 spiro atoms. The highest BCUT2D eigenvalue weighted by Crippen LogP contribution is 2.65. The largest absolute Gasteiger partial charge is 0.469 e. The smallest absolute Gasteiger partial charge is 0.330 e. The van der Waals surface area contributed by atoms with Crippen molar-refractivity contribution in [2.24, 2.45) is 34.5 Å². The zero-order chi connectivity index (χ0) is 23.0. The third kappa shape index (κ3) is 4.43. The summed E-state index contributed by atoms with van der Waals surface area (Å²) in [6, 6.07) is 0. The average molecular weight is 436 g/mol. The molecule has 0 amide bonds. The molecule has 31 heavy (non-hydrogen) atoms. The quantitative estimate of drug-likeness (QED) is 0.527. The number of likely N-dealkylation sites (N-methyl/N-ethyl adjacent to an activating group) is 1. The van der Waals surface area contributed by atoms with E-state index in [0.717, 1.165) is 37.7 Å². The number of carbonyl (C=O) groups is 2. The van der Waals surface area contributed by atoms with E-state index in [-0.39, 0.29) is 35.1 Å². The van der Waals surface area contributed by atoms with Gasteiger partial charge in [0.2, 0.25) is 0 Å². The van der Waals surface area contributed by atoms with Crippen molar-refractivity contribution >= 4 is 11.9 Å². The Bertz CT molecular complexity index is 719. The molecular formula is C25H41NO5. The molecule has 7 atom stereocenters. The summed E-state index contributed by atoms with van der Waals surface area (Å²) in [7, 11) is 5.37. The Hall–Kier alpha value is -1.40. The molecule has 3 aliphatic rings. The Morgan fingerprint density at radius 1 is 1.26 bits per heavy atom. The number of fused-ring (bicyclic) bond motifs is 3. The molecule has 6 nitrogen and oxygen atoms in total. The van der Waals surface area contributed by atoms with Gasteiger partial charge in [0.05, 0.1) is 18.6 Å². The zero-order valence-corrected chi connectivity index (χ0v) is 20.1. The van der Waals surface area contributed by atoms with E-state index in [1.165, 1.54) is 7.11 Å².